The highest BCUT2D eigenvalue weighted by molar-refractivity contribution is 5.87. The lowest BCUT2D eigenvalue weighted by atomic mass is 9.90. The van der Waals surface area contributed by atoms with E-state index in [1.165, 1.54) is 0 Å². The number of carbonyl (C=O) groups excluding carboxylic acids is 1. The fourth-order valence-corrected chi connectivity index (χ4v) is 3.04. The molecule has 1 aromatic rings. The van der Waals surface area contributed by atoms with Crippen LogP contribution >= 0.6 is 0 Å². The summed E-state index contributed by atoms with van der Waals surface area (Å²) in [6.45, 7) is 0. The highest BCUT2D eigenvalue weighted by atomic mass is 19.1. The monoisotopic (exact) mass is 325 g/mol. The van der Waals surface area contributed by atoms with Gasteiger partial charge >= 0.3 is 5.97 Å². The molecule has 0 saturated heterocycles. The first kappa shape index (κ1) is 17.4. The molecule has 1 amide bonds. The van der Waals surface area contributed by atoms with Gasteiger partial charge in [0.05, 0.1) is 0 Å². The zero-order chi connectivity index (χ0) is 16.9. The zero-order valence-electron chi connectivity index (χ0n) is 12.9. The van der Waals surface area contributed by atoms with E-state index in [9.17, 15) is 23.5 Å². The van der Waals surface area contributed by atoms with E-state index in [1.54, 1.807) is 0 Å². The van der Waals surface area contributed by atoms with Gasteiger partial charge in [-0.15, -0.1) is 0 Å². The smallest absolute Gasteiger partial charge is 0.329 e. The second kappa shape index (κ2) is 7.53. The maximum atomic E-state index is 13.5. The van der Waals surface area contributed by atoms with Gasteiger partial charge in [-0.05, 0) is 43.0 Å². The van der Waals surface area contributed by atoms with Crippen molar-refractivity contribution < 1.29 is 23.5 Å². The number of aliphatic carboxylic acids is 1. The van der Waals surface area contributed by atoms with Gasteiger partial charge in [-0.2, -0.15) is 0 Å². The van der Waals surface area contributed by atoms with Gasteiger partial charge in [0, 0.05) is 6.42 Å². The number of carbonyl (C=O) groups is 2. The fourth-order valence-electron chi connectivity index (χ4n) is 3.04. The van der Waals surface area contributed by atoms with Crippen molar-refractivity contribution in [1.29, 1.82) is 0 Å². The quantitative estimate of drug-likeness (QED) is 0.817. The molecule has 126 valence electrons. The summed E-state index contributed by atoms with van der Waals surface area (Å²) in [7, 11) is 0. The van der Waals surface area contributed by atoms with Gasteiger partial charge in [-0.1, -0.05) is 25.7 Å². The second-order valence-corrected chi connectivity index (χ2v) is 6.09. The molecule has 1 aliphatic carbocycles. The topological polar surface area (TPSA) is 66.4 Å². The SMILES string of the molecule is O=C(CCc1cc(F)ccc1F)NC1(C(=O)O)CCCCCC1. The third-order valence-corrected chi connectivity index (χ3v) is 4.37. The van der Waals surface area contributed by atoms with E-state index >= 15 is 0 Å². The van der Waals surface area contributed by atoms with Gasteiger partial charge in [0.25, 0.3) is 0 Å². The number of rotatable bonds is 5. The van der Waals surface area contributed by atoms with Crippen LogP contribution in [-0.2, 0) is 16.0 Å². The maximum absolute atomic E-state index is 13.5. The molecule has 1 aliphatic rings. The average molecular weight is 325 g/mol. The highest BCUT2D eigenvalue weighted by Gasteiger charge is 2.39. The fraction of sp³-hybridized carbons (Fsp3) is 0.529. The Kier molecular flexibility index (Phi) is 5.69. The summed E-state index contributed by atoms with van der Waals surface area (Å²) in [4.78, 5) is 23.7. The van der Waals surface area contributed by atoms with Crippen LogP contribution in [0.1, 0.15) is 50.5 Å². The summed E-state index contributed by atoms with van der Waals surface area (Å²) in [5.74, 6) is -2.60. The van der Waals surface area contributed by atoms with Gasteiger partial charge in [0.15, 0.2) is 0 Å². The third-order valence-electron chi connectivity index (χ3n) is 4.37. The lowest BCUT2D eigenvalue weighted by molar-refractivity contribution is -0.148. The lowest BCUT2D eigenvalue weighted by Crippen LogP contribution is -2.54. The number of hydrogen-bond donors (Lipinski definition) is 2. The minimum Gasteiger partial charge on any atom is -0.480 e. The minimum atomic E-state index is -1.23. The molecule has 0 bridgehead atoms. The Morgan fingerprint density at radius 1 is 1.13 bits per heavy atom. The summed E-state index contributed by atoms with van der Waals surface area (Å²) >= 11 is 0. The van der Waals surface area contributed by atoms with Crippen LogP contribution in [-0.4, -0.2) is 22.5 Å². The van der Waals surface area contributed by atoms with E-state index in [0.717, 1.165) is 43.9 Å². The molecule has 0 unspecified atom stereocenters. The molecule has 0 heterocycles. The number of nitrogens with one attached hydrogen (secondary N) is 1. The number of carboxylic acids is 1. The molecule has 2 N–H and O–H groups in total. The van der Waals surface area contributed by atoms with Crippen molar-refractivity contribution in [2.75, 3.05) is 0 Å². The van der Waals surface area contributed by atoms with Gasteiger partial charge in [-0.25, -0.2) is 13.6 Å². The van der Waals surface area contributed by atoms with E-state index < -0.39 is 29.0 Å². The summed E-state index contributed by atoms with van der Waals surface area (Å²) in [5, 5.41) is 12.1. The molecule has 0 atom stereocenters. The molecule has 2 rings (SSSR count). The summed E-state index contributed by atoms with van der Waals surface area (Å²) < 4.78 is 26.7. The maximum Gasteiger partial charge on any atom is 0.329 e. The Balaban J connectivity index is 1.99. The molecule has 1 fully saturated rings. The molecule has 1 aromatic carbocycles. The molecule has 23 heavy (non-hydrogen) atoms. The van der Waals surface area contributed by atoms with Gasteiger partial charge in [0.2, 0.25) is 5.91 Å². The lowest BCUT2D eigenvalue weighted by Gasteiger charge is -2.29. The van der Waals surface area contributed by atoms with Crippen molar-refractivity contribution in [3.63, 3.8) is 0 Å². The number of aryl methyl sites for hydroxylation is 1. The van der Waals surface area contributed by atoms with Gasteiger partial charge in [-0.3, -0.25) is 4.79 Å². The Morgan fingerprint density at radius 2 is 1.78 bits per heavy atom. The predicted octanol–water partition coefficient (Wildman–Crippen LogP) is 3.19. The van der Waals surface area contributed by atoms with Crippen LogP contribution in [0.5, 0.6) is 0 Å². The second-order valence-electron chi connectivity index (χ2n) is 6.09. The number of halogens is 2. The van der Waals surface area contributed by atoms with Gasteiger partial charge < -0.3 is 10.4 Å². The third kappa shape index (κ3) is 4.50. The van der Waals surface area contributed by atoms with Crippen molar-refractivity contribution in [2.24, 2.45) is 0 Å². The number of carboxylic acid groups (broad SMARTS) is 1. The molecule has 0 spiro atoms. The van der Waals surface area contributed by atoms with Crippen LogP contribution in [0.15, 0.2) is 18.2 Å². The highest BCUT2D eigenvalue weighted by Crippen LogP contribution is 2.27. The van der Waals surface area contributed by atoms with Crippen molar-refractivity contribution in [1.82, 2.24) is 5.32 Å². The molecule has 6 heteroatoms. The van der Waals surface area contributed by atoms with E-state index in [2.05, 4.69) is 5.32 Å². The predicted molar refractivity (Wildman–Crippen MR) is 80.9 cm³/mol. The van der Waals surface area contributed by atoms with E-state index in [0.29, 0.717) is 12.8 Å². The van der Waals surface area contributed by atoms with E-state index in [4.69, 9.17) is 0 Å². The number of benzene rings is 1. The van der Waals surface area contributed by atoms with Crippen LogP contribution in [0, 0.1) is 11.6 Å². The van der Waals surface area contributed by atoms with Crippen molar-refractivity contribution in [3.8, 4) is 0 Å². The van der Waals surface area contributed by atoms with Crippen molar-refractivity contribution >= 4 is 11.9 Å². The molecular formula is C17H21F2NO3. The van der Waals surface area contributed by atoms with Crippen LogP contribution in [0.4, 0.5) is 8.78 Å². The number of amides is 1. The molecule has 4 nitrogen and oxygen atoms in total. The van der Waals surface area contributed by atoms with Crippen LogP contribution in [0.3, 0.4) is 0 Å². The molecule has 0 aliphatic heterocycles. The Labute approximate surface area is 133 Å². The molecular weight excluding hydrogens is 304 g/mol. The van der Waals surface area contributed by atoms with Gasteiger partial charge in [0.1, 0.15) is 17.2 Å². The van der Waals surface area contributed by atoms with Crippen LogP contribution < -0.4 is 5.32 Å². The minimum absolute atomic E-state index is 0.0329. The number of hydrogen-bond acceptors (Lipinski definition) is 2. The summed E-state index contributed by atoms with van der Waals surface area (Å²) in [6, 6.07) is 3.09. The van der Waals surface area contributed by atoms with Crippen molar-refractivity contribution in [3.05, 3.63) is 35.4 Å². The van der Waals surface area contributed by atoms with Crippen molar-refractivity contribution in [2.45, 2.75) is 56.9 Å². The molecule has 0 aromatic heterocycles. The first-order valence-corrected chi connectivity index (χ1v) is 7.91. The zero-order valence-corrected chi connectivity index (χ0v) is 12.9. The van der Waals surface area contributed by atoms with E-state index in [1.807, 2.05) is 0 Å². The normalized spacial score (nSPS) is 17.3. The standard InChI is InChI=1S/C17H21F2NO3/c18-13-6-7-14(19)12(11-13)5-8-15(21)20-17(16(22)23)9-3-1-2-4-10-17/h6-7,11H,1-5,8-10H2,(H,20,21)(H,22,23). The molecule has 0 radical (unpaired) electrons. The van der Waals surface area contributed by atoms with Crippen LogP contribution in [0.2, 0.25) is 0 Å². The Morgan fingerprint density at radius 3 is 2.39 bits per heavy atom. The average Bonchev–Trinajstić information content (AvgIpc) is 2.75. The first-order valence-electron chi connectivity index (χ1n) is 7.91. The largest absolute Gasteiger partial charge is 0.480 e. The summed E-state index contributed by atoms with van der Waals surface area (Å²) in [6.07, 6.45) is 4.19. The molecule has 1 saturated carbocycles. The first-order chi connectivity index (χ1) is 10.9. The van der Waals surface area contributed by atoms with E-state index in [-0.39, 0.29) is 18.4 Å². The Bertz CT molecular complexity index is 581. The summed E-state index contributed by atoms with van der Waals surface area (Å²) in [5.41, 5.74) is -1.11. The Hall–Kier alpha value is -1.98. The van der Waals surface area contributed by atoms with Crippen LogP contribution in [0.25, 0.3) is 0 Å².